The molecule has 0 aromatic carbocycles. The molecule has 1 aromatic heterocycles. The van der Waals surface area contributed by atoms with Gasteiger partial charge in [-0.05, 0) is 37.0 Å². The average molecular weight is 267 g/mol. The zero-order chi connectivity index (χ0) is 13.2. The SMILES string of the molecule is CCNc1ccnc(C(=O)NCCCSCC)c1. The van der Waals surface area contributed by atoms with Crippen LogP contribution in [0.2, 0.25) is 0 Å². The third kappa shape index (κ3) is 5.40. The molecular formula is C13H21N3OS. The Labute approximate surface area is 113 Å². The van der Waals surface area contributed by atoms with E-state index in [2.05, 4.69) is 22.5 Å². The molecule has 0 saturated heterocycles. The second-order valence-electron chi connectivity index (χ2n) is 3.77. The summed E-state index contributed by atoms with van der Waals surface area (Å²) in [5.41, 5.74) is 1.40. The predicted molar refractivity (Wildman–Crippen MR) is 78.3 cm³/mol. The molecule has 1 amide bonds. The van der Waals surface area contributed by atoms with Crippen molar-refractivity contribution >= 4 is 23.4 Å². The summed E-state index contributed by atoms with van der Waals surface area (Å²) in [5.74, 6) is 2.11. The van der Waals surface area contributed by atoms with Gasteiger partial charge in [-0.3, -0.25) is 9.78 Å². The first-order valence-electron chi connectivity index (χ1n) is 6.33. The third-order valence-corrected chi connectivity index (χ3v) is 3.31. The standard InChI is InChI=1S/C13H21N3OS/c1-3-14-11-6-8-15-12(10-11)13(17)16-7-5-9-18-4-2/h6,8,10H,3-5,7,9H2,1-2H3,(H,14,15)(H,16,17). The van der Waals surface area contributed by atoms with Gasteiger partial charge in [-0.15, -0.1) is 0 Å². The predicted octanol–water partition coefficient (Wildman–Crippen LogP) is 2.39. The Hall–Kier alpha value is -1.23. The van der Waals surface area contributed by atoms with E-state index in [1.54, 1.807) is 12.3 Å². The number of nitrogens with zero attached hydrogens (tertiary/aromatic N) is 1. The molecule has 0 aliphatic rings. The lowest BCUT2D eigenvalue weighted by atomic mass is 10.3. The fourth-order valence-corrected chi connectivity index (χ4v) is 2.12. The quantitative estimate of drug-likeness (QED) is 0.710. The minimum atomic E-state index is -0.101. The van der Waals surface area contributed by atoms with Gasteiger partial charge < -0.3 is 10.6 Å². The molecular weight excluding hydrogens is 246 g/mol. The summed E-state index contributed by atoms with van der Waals surface area (Å²) in [5, 5.41) is 6.05. The van der Waals surface area contributed by atoms with Crippen molar-refractivity contribution in [1.82, 2.24) is 10.3 Å². The highest BCUT2D eigenvalue weighted by atomic mass is 32.2. The van der Waals surface area contributed by atoms with Gasteiger partial charge in [0.25, 0.3) is 5.91 Å². The van der Waals surface area contributed by atoms with Crippen molar-refractivity contribution in [2.75, 3.05) is 29.9 Å². The molecule has 1 aromatic rings. The highest BCUT2D eigenvalue weighted by molar-refractivity contribution is 7.99. The maximum absolute atomic E-state index is 11.8. The summed E-state index contributed by atoms with van der Waals surface area (Å²) in [6, 6.07) is 3.64. The van der Waals surface area contributed by atoms with Crippen LogP contribution in [0, 0.1) is 0 Å². The molecule has 0 spiro atoms. The number of carbonyl (C=O) groups is 1. The number of carbonyl (C=O) groups excluding carboxylic acids is 1. The maximum Gasteiger partial charge on any atom is 0.269 e. The number of anilines is 1. The van der Waals surface area contributed by atoms with E-state index in [0.717, 1.165) is 30.2 Å². The first-order valence-corrected chi connectivity index (χ1v) is 7.49. The second kappa shape index (κ2) is 8.80. The number of amides is 1. The van der Waals surface area contributed by atoms with Crippen LogP contribution in [0.4, 0.5) is 5.69 Å². The van der Waals surface area contributed by atoms with Crippen LogP contribution in [0.3, 0.4) is 0 Å². The summed E-state index contributed by atoms with van der Waals surface area (Å²) in [6.45, 7) is 5.70. The van der Waals surface area contributed by atoms with Crippen LogP contribution >= 0.6 is 11.8 Å². The van der Waals surface area contributed by atoms with Crippen LogP contribution in [0.15, 0.2) is 18.3 Å². The van der Waals surface area contributed by atoms with Crippen molar-refractivity contribution in [3.05, 3.63) is 24.0 Å². The van der Waals surface area contributed by atoms with Gasteiger partial charge in [-0.2, -0.15) is 11.8 Å². The van der Waals surface area contributed by atoms with Crippen LogP contribution < -0.4 is 10.6 Å². The first kappa shape index (κ1) is 14.8. The lowest BCUT2D eigenvalue weighted by molar-refractivity contribution is 0.0949. The van der Waals surface area contributed by atoms with Gasteiger partial charge in [0.2, 0.25) is 0 Å². The van der Waals surface area contributed by atoms with Crippen molar-refractivity contribution in [3.8, 4) is 0 Å². The molecule has 0 fully saturated rings. The van der Waals surface area contributed by atoms with Gasteiger partial charge in [-0.1, -0.05) is 6.92 Å². The van der Waals surface area contributed by atoms with Crippen molar-refractivity contribution in [2.24, 2.45) is 0 Å². The number of rotatable bonds is 8. The molecule has 0 aliphatic carbocycles. The van der Waals surface area contributed by atoms with E-state index in [4.69, 9.17) is 0 Å². The molecule has 0 unspecified atom stereocenters. The van der Waals surface area contributed by atoms with Crippen molar-refractivity contribution in [3.63, 3.8) is 0 Å². The molecule has 0 aliphatic heterocycles. The molecule has 0 radical (unpaired) electrons. The Bertz CT molecular complexity index is 371. The largest absolute Gasteiger partial charge is 0.385 e. The Morgan fingerprint density at radius 1 is 1.44 bits per heavy atom. The van der Waals surface area contributed by atoms with E-state index in [9.17, 15) is 4.79 Å². The molecule has 0 saturated carbocycles. The Morgan fingerprint density at radius 2 is 2.28 bits per heavy atom. The van der Waals surface area contributed by atoms with Crippen molar-refractivity contribution in [1.29, 1.82) is 0 Å². The molecule has 0 bridgehead atoms. The topological polar surface area (TPSA) is 54.0 Å². The summed E-state index contributed by atoms with van der Waals surface area (Å²) in [7, 11) is 0. The summed E-state index contributed by atoms with van der Waals surface area (Å²) in [4.78, 5) is 15.9. The molecule has 1 rings (SSSR count). The zero-order valence-corrected chi connectivity index (χ0v) is 11.8. The van der Waals surface area contributed by atoms with Crippen LogP contribution in [0.5, 0.6) is 0 Å². The van der Waals surface area contributed by atoms with Crippen LogP contribution in [-0.2, 0) is 0 Å². The Balaban J connectivity index is 2.38. The van der Waals surface area contributed by atoms with Crippen molar-refractivity contribution < 1.29 is 4.79 Å². The van der Waals surface area contributed by atoms with Crippen LogP contribution in [0.25, 0.3) is 0 Å². The van der Waals surface area contributed by atoms with Crippen LogP contribution in [-0.4, -0.2) is 35.5 Å². The molecule has 4 nitrogen and oxygen atoms in total. The number of pyridine rings is 1. The molecule has 100 valence electrons. The minimum absolute atomic E-state index is 0.101. The number of hydrogen-bond acceptors (Lipinski definition) is 4. The third-order valence-electron chi connectivity index (χ3n) is 2.33. The fourth-order valence-electron chi connectivity index (χ4n) is 1.48. The number of hydrogen-bond donors (Lipinski definition) is 2. The highest BCUT2D eigenvalue weighted by Gasteiger charge is 2.06. The average Bonchev–Trinajstić information content (AvgIpc) is 2.39. The van der Waals surface area contributed by atoms with E-state index in [1.807, 2.05) is 24.8 Å². The second-order valence-corrected chi connectivity index (χ2v) is 5.16. The minimum Gasteiger partial charge on any atom is -0.385 e. The molecule has 1 heterocycles. The monoisotopic (exact) mass is 267 g/mol. The van der Waals surface area contributed by atoms with Gasteiger partial charge in [0.1, 0.15) is 5.69 Å². The van der Waals surface area contributed by atoms with Gasteiger partial charge in [0, 0.05) is 25.0 Å². The Kier molecular flexibility index (Phi) is 7.25. The van der Waals surface area contributed by atoms with E-state index in [-0.39, 0.29) is 5.91 Å². The number of nitrogens with one attached hydrogen (secondary N) is 2. The highest BCUT2D eigenvalue weighted by Crippen LogP contribution is 2.07. The number of aromatic nitrogens is 1. The van der Waals surface area contributed by atoms with Gasteiger partial charge in [-0.25, -0.2) is 0 Å². The summed E-state index contributed by atoms with van der Waals surface area (Å²) in [6.07, 6.45) is 2.65. The van der Waals surface area contributed by atoms with Gasteiger partial charge in [0.15, 0.2) is 0 Å². The molecule has 0 atom stereocenters. The van der Waals surface area contributed by atoms with Crippen molar-refractivity contribution in [2.45, 2.75) is 20.3 Å². The maximum atomic E-state index is 11.8. The van der Waals surface area contributed by atoms with E-state index in [1.165, 1.54) is 0 Å². The molecule has 18 heavy (non-hydrogen) atoms. The van der Waals surface area contributed by atoms with E-state index < -0.39 is 0 Å². The van der Waals surface area contributed by atoms with E-state index >= 15 is 0 Å². The fraction of sp³-hybridized carbons (Fsp3) is 0.538. The summed E-state index contributed by atoms with van der Waals surface area (Å²) < 4.78 is 0. The lowest BCUT2D eigenvalue weighted by Crippen LogP contribution is -2.25. The van der Waals surface area contributed by atoms with Gasteiger partial charge >= 0.3 is 0 Å². The Morgan fingerprint density at radius 3 is 3.00 bits per heavy atom. The normalized spacial score (nSPS) is 10.1. The lowest BCUT2D eigenvalue weighted by Gasteiger charge is -2.06. The van der Waals surface area contributed by atoms with Crippen LogP contribution in [0.1, 0.15) is 30.8 Å². The molecule has 5 heteroatoms. The smallest absolute Gasteiger partial charge is 0.269 e. The zero-order valence-electron chi connectivity index (χ0n) is 11.0. The number of thioether (sulfide) groups is 1. The first-order chi connectivity index (χ1) is 8.77. The molecule has 2 N–H and O–H groups in total. The van der Waals surface area contributed by atoms with E-state index in [0.29, 0.717) is 12.2 Å². The summed E-state index contributed by atoms with van der Waals surface area (Å²) >= 11 is 1.89. The van der Waals surface area contributed by atoms with Gasteiger partial charge in [0.05, 0.1) is 0 Å².